The van der Waals surface area contributed by atoms with Crippen LogP contribution < -0.4 is 4.74 Å². The highest BCUT2D eigenvalue weighted by molar-refractivity contribution is 6.32. The van der Waals surface area contributed by atoms with Gasteiger partial charge in [0.25, 0.3) is 0 Å². The van der Waals surface area contributed by atoms with Crippen LogP contribution in [0.1, 0.15) is 35.3 Å². The van der Waals surface area contributed by atoms with Gasteiger partial charge in [-0.2, -0.15) is 0 Å². The van der Waals surface area contributed by atoms with Crippen molar-refractivity contribution >= 4 is 17.4 Å². The molecule has 0 aromatic heterocycles. The monoisotopic (exact) mass is 325 g/mol. The third-order valence-electron chi connectivity index (χ3n) is 3.76. The van der Waals surface area contributed by atoms with Gasteiger partial charge in [-0.3, -0.25) is 9.69 Å². The van der Waals surface area contributed by atoms with Gasteiger partial charge in [0.1, 0.15) is 5.75 Å². The van der Waals surface area contributed by atoms with Crippen LogP contribution in [0.3, 0.4) is 0 Å². The molecular weight excluding hydrogens is 302 g/mol. The smallest absolute Gasteiger partial charge is 0.180 e. The van der Waals surface area contributed by atoms with E-state index in [4.69, 9.17) is 21.1 Å². The summed E-state index contributed by atoms with van der Waals surface area (Å²) in [6.45, 7) is 11.0. The van der Waals surface area contributed by atoms with Gasteiger partial charge in [0.2, 0.25) is 0 Å². The minimum atomic E-state index is 0.00918. The molecule has 0 atom stereocenters. The Bertz CT molecular complexity index is 551. The quantitative estimate of drug-likeness (QED) is 0.779. The maximum absolute atomic E-state index is 12.8. The lowest BCUT2D eigenvalue weighted by Gasteiger charge is -2.26. The summed E-state index contributed by atoms with van der Waals surface area (Å²) in [5.74, 6) is 0.685. The Balaban J connectivity index is 2.30. The largest absolute Gasteiger partial charge is 0.490 e. The van der Waals surface area contributed by atoms with Crippen LogP contribution in [-0.2, 0) is 4.74 Å². The fourth-order valence-corrected chi connectivity index (χ4v) is 2.81. The molecule has 1 aromatic rings. The van der Waals surface area contributed by atoms with E-state index in [-0.39, 0.29) is 11.9 Å². The first kappa shape index (κ1) is 17.3. The number of benzene rings is 1. The third-order valence-corrected chi connectivity index (χ3v) is 4.34. The average molecular weight is 326 g/mol. The van der Waals surface area contributed by atoms with Gasteiger partial charge < -0.3 is 9.47 Å². The van der Waals surface area contributed by atoms with Crippen LogP contribution in [0, 0.1) is 13.8 Å². The predicted octanol–water partition coefficient (Wildman–Crippen LogP) is 3.26. The van der Waals surface area contributed by atoms with Crippen LogP contribution in [0.4, 0.5) is 0 Å². The van der Waals surface area contributed by atoms with Gasteiger partial charge in [-0.25, -0.2) is 0 Å². The Hall–Kier alpha value is -1.10. The van der Waals surface area contributed by atoms with Crippen molar-refractivity contribution < 1.29 is 14.3 Å². The number of rotatable bonds is 5. The molecule has 0 N–H and O–H groups in total. The minimum absolute atomic E-state index is 0.00918. The van der Waals surface area contributed by atoms with Crippen molar-refractivity contribution in [1.29, 1.82) is 0 Å². The van der Waals surface area contributed by atoms with Crippen LogP contribution in [-0.4, -0.2) is 49.6 Å². The van der Waals surface area contributed by atoms with E-state index >= 15 is 0 Å². The van der Waals surface area contributed by atoms with Crippen LogP contribution in [0.15, 0.2) is 6.07 Å². The molecule has 2 rings (SSSR count). The summed E-state index contributed by atoms with van der Waals surface area (Å²) in [4.78, 5) is 14.9. The maximum atomic E-state index is 12.8. The molecule has 4 nitrogen and oxygen atoms in total. The van der Waals surface area contributed by atoms with Gasteiger partial charge in [-0.05, 0) is 44.9 Å². The number of carbonyl (C=O) groups excluding carboxylic acids is 1. The van der Waals surface area contributed by atoms with Crippen molar-refractivity contribution in [3.63, 3.8) is 0 Å². The number of halogens is 1. The molecule has 0 unspecified atom stereocenters. The normalized spacial score (nSPS) is 16.1. The number of morpholine rings is 1. The summed E-state index contributed by atoms with van der Waals surface area (Å²) < 4.78 is 11.2. The van der Waals surface area contributed by atoms with Crippen LogP contribution in [0.2, 0.25) is 5.02 Å². The Morgan fingerprint density at radius 1 is 1.36 bits per heavy atom. The van der Waals surface area contributed by atoms with Gasteiger partial charge in [0.05, 0.1) is 31.4 Å². The van der Waals surface area contributed by atoms with E-state index in [1.807, 2.05) is 33.8 Å². The van der Waals surface area contributed by atoms with E-state index < -0.39 is 0 Å². The first-order valence-electron chi connectivity index (χ1n) is 7.69. The first-order valence-corrected chi connectivity index (χ1v) is 8.07. The minimum Gasteiger partial charge on any atom is -0.490 e. The van der Waals surface area contributed by atoms with Crippen molar-refractivity contribution in [3.8, 4) is 5.75 Å². The maximum Gasteiger partial charge on any atom is 0.180 e. The van der Waals surface area contributed by atoms with E-state index in [0.29, 0.717) is 36.1 Å². The molecule has 122 valence electrons. The summed E-state index contributed by atoms with van der Waals surface area (Å²) in [5, 5.41) is 0.640. The summed E-state index contributed by atoms with van der Waals surface area (Å²) in [6.07, 6.45) is 0.00918. The second-order valence-corrected chi connectivity index (χ2v) is 6.36. The zero-order valence-electron chi connectivity index (χ0n) is 13.7. The molecule has 1 heterocycles. The zero-order valence-corrected chi connectivity index (χ0v) is 14.5. The zero-order chi connectivity index (χ0) is 16.3. The molecule has 0 saturated carbocycles. The van der Waals surface area contributed by atoms with Crippen molar-refractivity contribution in [2.75, 3.05) is 32.8 Å². The predicted molar refractivity (Wildman–Crippen MR) is 88.3 cm³/mol. The molecule has 1 fully saturated rings. The molecular formula is C17H24ClNO3. The molecule has 1 aliphatic heterocycles. The van der Waals surface area contributed by atoms with Crippen LogP contribution in [0.5, 0.6) is 5.75 Å². The van der Waals surface area contributed by atoms with E-state index in [1.165, 1.54) is 0 Å². The van der Waals surface area contributed by atoms with E-state index in [2.05, 4.69) is 4.90 Å². The lowest BCUT2D eigenvalue weighted by Crippen LogP contribution is -2.39. The van der Waals surface area contributed by atoms with Gasteiger partial charge in [-0.15, -0.1) is 0 Å². The lowest BCUT2D eigenvalue weighted by molar-refractivity contribution is 0.0370. The summed E-state index contributed by atoms with van der Waals surface area (Å²) in [6, 6.07) is 1.86. The molecule has 0 radical (unpaired) electrons. The third kappa shape index (κ3) is 4.00. The number of ketones is 1. The number of Topliss-reactive ketones (excluding diaryl/α,β-unsaturated/α-hetero) is 1. The highest BCUT2D eigenvalue weighted by atomic mass is 35.5. The highest BCUT2D eigenvalue weighted by Crippen LogP contribution is 2.32. The number of aryl methyl sites for hydroxylation is 1. The molecule has 0 bridgehead atoms. The summed E-state index contributed by atoms with van der Waals surface area (Å²) in [7, 11) is 0. The fraction of sp³-hybridized carbons (Fsp3) is 0.588. The topological polar surface area (TPSA) is 38.8 Å². The van der Waals surface area contributed by atoms with Crippen molar-refractivity contribution in [1.82, 2.24) is 4.90 Å². The summed E-state index contributed by atoms with van der Waals surface area (Å²) >= 11 is 6.34. The van der Waals surface area contributed by atoms with Crippen molar-refractivity contribution in [3.05, 3.63) is 27.8 Å². The first-order chi connectivity index (χ1) is 10.4. The number of hydrogen-bond acceptors (Lipinski definition) is 4. The second-order valence-electron chi connectivity index (χ2n) is 5.98. The lowest BCUT2D eigenvalue weighted by atomic mass is 10.00. The number of carbonyl (C=O) groups is 1. The molecule has 0 aliphatic carbocycles. The molecule has 1 aliphatic rings. The Morgan fingerprint density at radius 2 is 2.00 bits per heavy atom. The van der Waals surface area contributed by atoms with Crippen LogP contribution >= 0.6 is 11.6 Å². The number of hydrogen-bond donors (Lipinski definition) is 0. The van der Waals surface area contributed by atoms with Gasteiger partial charge >= 0.3 is 0 Å². The van der Waals surface area contributed by atoms with E-state index in [1.54, 1.807) is 0 Å². The number of ether oxygens (including phenoxy) is 2. The van der Waals surface area contributed by atoms with Crippen molar-refractivity contribution in [2.45, 2.75) is 33.8 Å². The molecule has 5 heteroatoms. The van der Waals surface area contributed by atoms with E-state index in [0.717, 1.165) is 24.2 Å². The van der Waals surface area contributed by atoms with E-state index in [9.17, 15) is 4.79 Å². The SMILES string of the molecule is Cc1cc(OC(C)C)c(C(=O)CN2CCOCC2)c(C)c1Cl. The molecule has 1 aromatic carbocycles. The van der Waals surface area contributed by atoms with Gasteiger partial charge in [-0.1, -0.05) is 11.6 Å². The van der Waals surface area contributed by atoms with Crippen LogP contribution in [0.25, 0.3) is 0 Å². The Morgan fingerprint density at radius 3 is 2.59 bits per heavy atom. The van der Waals surface area contributed by atoms with Gasteiger partial charge in [0, 0.05) is 18.1 Å². The van der Waals surface area contributed by atoms with Gasteiger partial charge in [0.15, 0.2) is 5.78 Å². The Labute approximate surface area is 137 Å². The second kappa shape index (κ2) is 7.44. The summed E-state index contributed by atoms with van der Waals surface area (Å²) in [5.41, 5.74) is 2.34. The number of nitrogens with zero attached hydrogens (tertiary/aromatic N) is 1. The standard InChI is InChI=1S/C17H24ClNO3/c1-11(2)22-15-9-12(3)17(18)13(4)16(15)14(20)10-19-5-7-21-8-6-19/h9,11H,5-8,10H2,1-4H3. The molecule has 22 heavy (non-hydrogen) atoms. The molecule has 0 spiro atoms. The highest BCUT2D eigenvalue weighted by Gasteiger charge is 2.23. The van der Waals surface area contributed by atoms with Crippen molar-refractivity contribution in [2.24, 2.45) is 0 Å². The molecule has 1 saturated heterocycles. The fourth-order valence-electron chi connectivity index (χ4n) is 2.66. The Kier molecular flexibility index (Phi) is 5.84. The molecule has 0 amide bonds. The average Bonchev–Trinajstić information content (AvgIpc) is 2.45.